The molecule has 0 saturated carbocycles. The molecule has 0 aliphatic heterocycles. The van der Waals surface area contributed by atoms with E-state index in [9.17, 15) is 0 Å². The number of rotatable bonds is 4. The van der Waals surface area contributed by atoms with Gasteiger partial charge in [0.25, 0.3) is 0 Å². The maximum absolute atomic E-state index is 5.57. The van der Waals surface area contributed by atoms with Gasteiger partial charge in [0.1, 0.15) is 0 Å². The molecule has 0 aliphatic rings. The van der Waals surface area contributed by atoms with E-state index in [0.29, 0.717) is 17.5 Å². The van der Waals surface area contributed by atoms with Gasteiger partial charge < -0.3 is 4.57 Å². The Kier molecular flexibility index (Phi) is 7.14. The second-order valence-electron chi connectivity index (χ2n) is 15.5. The van der Waals surface area contributed by atoms with Crippen molar-refractivity contribution in [2.45, 2.75) is 0 Å². The molecule has 0 unspecified atom stereocenters. The highest BCUT2D eigenvalue weighted by Crippen LogP contribution is 2.49. The summed E-state index contributed by atoms with van der Waals surface area (Å²) in [7, 11) is 0. The van der Waals surface area contributed by atoms with Crippen molar-refractivity contribution in [1.82, 2.24) is 19.5 Å². The van der Waals surface area contributed by atoms with Crippen molar-refractivity contribution in [2.75, 3.05) is 0 Å². The van der Waals surface area contributed by atoms with Gasteiger partial charge in [0.05, 0.1) is 11.0 Å². The van der Waals surface area contributed by atoms with Gasteiger partial charge in [-0.1, -0.05) is 152 Å². The summed E-state index contributed by atoms with van der Waals surface area (Å²) in [5.41, 5.74) is 6.27. The molecule has 3 heterocycles. The summed E-state index contributed by atoms with van der Waals surface area (Å²) < 4.78 is 4.80. The van der Waals surface area contributed by atoms with E-state index < -0.39 is 0 Å². The van der Waals surface area contributed by atoms with Crippen LogP contribution in [0.15, 0.2) is 194 Å². The lowest BCUT2D eigenvalue weighted by atomic mass is 9.89. The minimum absolute atomic E-state index is 0.630. The highest BCUT2D eigenvalue weighted by atomic mass is 32.1. The van der Waals surface area contributed by atoms with E-state index in [2.05, 4.69) is 193 Å². The number of fused-ring (bicyclic) bond motifs is 13. The zero-order chi connectivity index (χ0) is 39.3. The van der Waals surface area contributed by atoms with Crippen LogP contribution in [0.3, 0.4) is 0 Å². The maximum Gasteiger partial charge on any atom is 0.165 e. The van der Waals surface area contributed by atoms with Crippen molar-refractivity contribution in [3.8, 4) is 39.9 Å². The summed E-state index contributed by atoms with van der Waals surface area (Å²) in [6.07, 6.45) is 0. The number of nitrogens with zero attached hydrogens (tertiary/aromatic N) is 4. The Morgan fingerprint density at radius 1 is 0.333 bits per heavy atom. The molecule has 10 aromatic carbocycles. The van der Waals surface area contributed by atoms with E-state index in [1.54, 1.807) is 0 Å². The van der Waals surface area contributed by atoms with Crippen LogP contribution in [0.4, 0.5) is 0 Å². The number of hydrogen-bond acceptors (Lipinski definition) is 4. The van der Waals surface area contributed by atoms with Crippen molar-refractivity contribution in [2.24, 2.45) is 0 Å². The van der Waals surface area contributed by atoms with E-state index in [4.69, 9.17) is 15.0 Å². The van der Waals surface area contributed by atoms with Gasteiger partial charge in [-0.3, -0.25) is 0 Å². The number of aromatic nitrogens is 4. The molecule has 0 fully saturated rings. The third-order valence-electron chi connectivity index (χ3n) is 12.2. The van der Waals surface area contributed by atoms with Crippen LogP contribution < -0.4 is 0 Å². The summed E-state index contributed by atoms with van der Waals surface area (Å²) in [5, 5.41) is 14.4. The fraction of sp³-hybridized carbons (Fsp3) is 0. The molecule has 0 amide bonds. The van der Waals surface area contributed by atoms with Crippen molar-refractivity contribution in [1.29, 1.82) is 0 Å². The molecule has 13 aromatic rings. The summed E-state index contributed by atoms with van der Waals surface area (Å²) in [4.78, 5) is 16.3. The maximum atomic E-state index is 5.57. The van der Waals surface area contributed by atoms with Crippen LogP contribution in [0.25, 0.3) is 125 Å². The average Bonchev–Trinajstić information content (AvgIpc) is 3.85. The first-order valence-electron chi connectivity index (χ1n) is 20.3. The topological polar surface area (TPSA) is 43.6 Å². The third-order valence-corrected chi connectivity index (χ3v) is 13.3. The SMILES string of the molecule is c1ccc(-c2nc(-c3ccc4c5ccccc5n(-c5ccccc5)c4c3)nc(-c3c4c(cc5c6ccccc6c6ccccc6c35)sc3cc5ccccc5cc34)n2)cc1. The number of thiophene rings is 1. The number of hydrogen-bond donors (Lipinski definition) is 0. The molecule has 278 valence electrons. The summed E-state index contributed by atoms with van der Waals surface area (Å²) in [6, 6.07) is 69.6. The summed E-state index contributed by atoms with van der Waals surface area (Å²) in [5.74, 6) is 1.93. The van der Waals surface area contributed by atoms with Crippen molar-refractivity contribution < 1.29 is 0 Å². The van der Waals surface area contributed by atoms with E-state index in [-0.39, 0.29) is 0 Å². The van der Waals surface area contributed by atoms with Crippen LogP contribution in [-0.2, 0) is 0 Å². The Labute approximate surface area is 348 Å². The molecule has 4 nitrogen and oxygen atoms in total. The monoisotopic (exact) mass is 780 g/mol. The third kappa shape index (κ3) is 4.93. The van der Waals surface area contributed by atoms with E-state index in [1.807, 2.05) is 17.4 Å². The largest absolute Gasteiger partial charge is 0.309 e. The van der Waals surface area contributed by atoms with Crippen LogP contribution in [-0.4, -0.2) is 19.5 Å². The predicted octanol–water partition coefficient (Wildman–Crippen LogP) is 15.0. The van der Waals surface area contributed by atoms with Gasteiger partial charge in [-0.25, -0.2) is 15.0 Å². The fourth-order valence-electron chi connectivity index (χ4n) is 9.53. The van der Waals surface area contributed by atoms with Crippen molar-refractivity contribution in [3.05, 3.63) is 194 Å². The Morgan fingerprint density at radius 2 is 0.900 bits per heavy atom. The Bertz CT molecular complexity index is 3890. The summed E-state index contributed by atoms with van der Waals surface area (Å²) >= 11 is 1.84. The van der Waals surface area contributed by atoms with Gasteiger partial charge in [0, 0.05) is 58.7 Å². The first-order chi connectivity index (χ1) is 29.7. The molecule has 5 heteroatoms. The second-order valence-corrected chi connectivity index (χ2v) is 16.6. The zero-order valence-electron chi connectivity index (χ0n) is 32.2. The Balaban J connectivity index is 1.19. The molecule has 13 rings (SSSR count). The molecule has 0 N–H and O–H groups in total. The minimum atomic E-state index is 0.630. The number of benzene rings is 10. The lowest BCUT2D eigenvalue weighted by molar-refractivity contribution is 1.08. The quantitative estimate of drug-likeness (QED) is 0.167. The van der Waals surface area contributed by atoms with Gasteiger partial charge >= 0.3 is 0 Å². The Hall–Kier alpha value is -7.73. The molecule has 0 spiro atoms. The first kappa shape index (κ1) is 33.3. The van der Waals surface area contributed by atoms with E-state index in [0.717, 1.165) is 38.8 Å². The van der Waals surface area contributed by atoms with Crippen LogP contribution in [0.2, 0.25) is 0 Å². The molecule has 0 atom stereocenters. The normalized spacial score (nSPS) is 12.0. The van der Waals surface area contributed by atoms with Crippen LogP contribution in [0.5, 0.6) is 0 Å². The van der Waals surface area contributed by atoms with Crippen LogP contribution in [0.1, 0.15) is 0 Å². The van der Waals surface area contributed by atoms with Crippen LogP contribution in [0, 0.1) is 0 Å². The van der Waals surface area contributed by atoms with Gasteiger partial charge in [-0.05, 0) is 80.2 Å². The smallest absolute Gasteiger partial charge is 0.165 e. The second kappa shape index (κ2) is 12.9. The van der Waals surface area contributed by atoms with Gasteiger partial charge in [-0.15, -0.1) is 11.3 Å². The van der Waals surface area contributed by atoms with Gasteiger partial charge in [-0.2, -0.15) is 0 Å². The minimum Gasteiger partial charge on any atom is -0.309 e. The van der Waals surface area contributed by atoms with E-state index >= 15 is 0 Å². The van der Waals surface area contributed by atoms with E-state index in [1.165, 1.54) is 68.6 Å². The molecule has 0 bridgehead atoms. The van der Waals surface area contributed by atoms with Crippen LogP contribution >= 0.6 is 11.3 Å². The molecule has 3 aromatic heterocycles. The van der Waals surface area contributed by atoms with Gasteiger partial charge in [0.15, 0.2) is 17.5 Å². The lowest BCUT2D eigenvalue weighted by Crippen LogP contribution is -2.01. The Morgan fingerprint density at radius 3 is 1.67 bits per heavy atom. The zero-order valence-corrected chi connectivity index (χ0v) is 33.0. The molecule has 60 heavy (non-hydrogen) atoms. The summed E-state index contributed by atoms with van der Waals surface area (Å²) in [6.45, 7) is 0. The molecule has 0 saturated heterocycles. The van der Waals surface area contributed by atoms with Gasteiger partial charge in [0.2, 0.25) is 0 Å². The average molecular weight is 781 g/mol. The highest BCUT2D eigenvalue weighted by Gasteiger charge is 2.24. The lowest BCUT2D eigenvalue weighted by Gasteiger charge is -2.16. The molecular weight excluding hydrogens is 749 g/mol. The predicted molar refractivity (Wildman–Crippen MR) is 253 cm³/mol. The molecule has 0 radical (unpaired) electrons. The molecule has 0 aliphatic carbocycles. The first-order valence-corrected chi connectivity index (χ1v) is 21.1. The highest BCUT2D eigenvalue weighted by molar-refractivity contribution is 7.26. The molecular formula is C55H32N4S. The van der Waals surface area contributed by atoms with Crippen molar-refractivity contribution >= 4 is 96.4 Å². The fourth-order valence-corrected chi connectivity index (χ4v) is 10.7. The number of para-hydroxylation sites is 2. The van der Waals surface area contributed by atoms with Crippen molar-refractivity contribution in [3.63, 3.8) is 0 Å². The standard InChI is InChI=1S/C55H32N4S/c1-3-15-33(16-4-1)53-56-54(36-27-28-42-41-24-13-14-26-46(41)59(47(42)30-36)37-19-5-2-6-20-37)58-55(57-53)52-50-43-25-12-11-22-39(43)38-21-9-10-23-40(38)44(50)32-49-51(52)45-29-34-17-7-8-18-35(34)31-48(45)60-49/h1-32H.